The van der Waals surface area contributed by atoms with Gasteiger partial charge in [0.25, 0.3) is 0 Å². The second kappa shape index (κ2) is 3.36. The SMILES string of the molecule is O=C1NCCC1c1cc(F)cc(F)c1. The number of nitrogens with one attached hydrogen (secondary N) is 1. The Balaban J connectivity index is 2.35. The third-order valence-electron chi connectivity index (χ3n) is 2.34. The van der Waals surface area contributed by atoms with Crippen molar-refractivity contribution in [3.05, 3.63) is 35.4 Å². The van der Waals surface area contributed by atoms with Gasteiger partial charge in [-0.2, -0.15) is 0 Å². The lowest BCUT2D eigenvalue weighted by atomic mass is 9.98. The summed E-state index contributed by atoms with van der Waals surface area (Å²) in [5, 5.41) is 2.62. The molecule has 1 fully saturated rings. The monoisotopic (exact) mass is 197 g/mol. The molecule has 1 aromatic carbocycles. The molecule has 0 radical (unpaired) electrons. The molecule has 1 heterocycles. The van der Waals surface area contributed by atoms with Crippen LogP contribution in [0.1, 0.15) is 17.9 Å². The lowest BCUT2D eigenvalue weighted by molar-refractivity contribution is -0.120. The van der Waals surface area contributed by atoms with Gasteiger partial charge in [-0.05, 0) is 24.1 Å². The van der Waals surface area contributed by atoms with Crippen LogP contribution in [0, 0.1) is 11.6 Å². The minimum Gasteiger partial charge on any atom is -0.356 e. The zero-order valence-corrected chi connectivity index (χ0v) is 7.39. The van der Waals surface area contributed by atoms with Crippen LogP contribution in [0.25, 0.3) is 0 Å². The first-order valence-corrected chi connectivity index (χ1v) is 4.40. The summed E-state index contributed by atoms with van der Waals surface area (Å²) >= 11 is 0. The summed E-state index contributed by atoms with van der Waals surface area (Å²) in [5.74, 6) is -1.84. The fraction of sp³-hybridized carbons (Fsp3) is 0.300. The standard InChI is InChI=1S/C10H9F2NO/c11-7-3-6(4-8(12)5-7)9-1-2-13-10(9)14/h3-5,9H,1-2H2,(H,13,14). The number of benzene rings is 1. The van der Waals surface area contributed by atoms with Crippen LogP contribution in [-0.2, 0) is 4.79 Å². The first-order chi connectivity index (χ1) is 6.66. The van der Waals surface area contributed by atoms with Crippen LogP contribution in [0.2, 0.25) is 0 Å². The smallest absolute Gasteiger partial charge is 0.227 e. The van der Waals surface area contributed by atoms with Crippen molar-refractivity contribution in [3.8, 4) is 0 Å². The molecule has 1 saturated heterocycles. The number of halogens is 2. The second-order valence-electron chi connectivity index (χ2n) is 3.34. The Labute approximate surface area is 79.9 Å². The van der Waals surface area contributed by atoms with Crippen molar-refractivity contribution in [3.63, 3.8) is 0 Å². The third kappa shape index (κ3) is 1.60. The number of hydrogen-bond acceptors (Lipinski definition) is 1. The van der Waals surface area contributed by atoms with Gasteiger partial charge in [0.1, 0.15) is 11.6 Å². The molecule has 14 heavy (non-hydrogen) atoms. The molecule has 0 bridgehead atoms. The van der Waals surface area contributed by atoms with E-state index in [4.69, 9.17) is 0 Å². The molecule has 1 unspecified atom stereocenters. The second-order valence-corrected chi connectivity index (χ2v) is 3.34. The van der Waals surface area contributed by atoms with E-state index in [-0.39, 0.29) is 5.91 Å². The molecule has 2 nitrogen and oxygen atoms in total. The van der Waals surface area contributed by atoms with Crippen molar-refractivity contribution < 1.29 is 13.6 Å². The summed E-state index contributed by atoms with van der Waals surface area (Å²) in [7, 11) is 0. The predicted octanol–water partition coefficient (Wildman–Crippen LogP) is 1.57. The van der Waals surface area contributed by atoms with Crippen molar-refractivity contribution in [1.29, 1.82) is 0 Å². The summed E-state index contributed by atoms with van der Waals surface area (Å²) in [4.78, 5) is 11.2. The summed E-state index contributed by atoms with van der Waals surface area (Å²) < 4.78 is 25.7. The minimum absolute atomic E-state index is 0.157. The maximum atomic E-state index is 12.8. The van der Waals surface area contributed by atoms with Gasteiger partial charge in [0.05, 0.1) is 5.92 Å². The van der Waals surface area contributed by atoms with E-state index in [1.165, 1.54) is 12.1 Å². The van der Waals surface area contributed by atoms with E-state index in [1.807, 2.05) is 0 Å². The van der Waals surface area contributed by atoms with E-state index < -0.39 is 17.6 Å². The number of rotatable bonds is 1. The van der Waals surface area contributed by atoms with Crippen molar-refractivity contribution in [2.24, 2.45) is 0 Å². The van der Waals surface area contributed by atoms with Gasteiger partial charge in [0, 0.05) is 12.6 Å². The van der Waals surface area contributed by atoms with Gasteiger partial charge in [-0.25, -0.2) is 8.78 Å². The number of amides is 1. The maximum Gasteiger partial charge on any atom is 0.227 e. The molecule has 1 atom stereocenters. The first-order valence-electron chi connectivity index (χ1n) is 4.40. The lowest BCUT2D eigenvalue weighted by Crippen LogP contribution is -2.18. The van der Waals surface area contributed by atoms with E-state index in [9.17, 15) is 13.6 Å². The van der Waals surface area contributed by atoms with Gasteiger partial charge in [-0.15, -0.1) is 0 Å². The zero-order chi connectivity index (χ0) is 10.1. The highest BCUT2D eigenvalue weighted by atomic mass is 19.1. The Morgan fingerprint density at radius 3 is 2.36 bits per heavy atom. The predicted molar refractivity (Wildman–Crippen MR) is 46.7 cm³/mol. The van der Waals surface area contributed by atoms with E-state index in [2.05, 4.69) is 5.32 Å². The molecule has 1 aromatic rings. The topological polar surface area (TPSA) is 29.1 Å². The fourth-order valence-corrected chi connectivity index (χ4v) is 1.69. The Kier molecular flexibility index (Phi) is 2.19. The highest BCUT2D eigenvalue weighted by Crippen LogP contribution is 2.24. The van der Waals surface area contributed by atoms with Gasteiger partial charge in [0.2, 0.25) is 5.91 Å². The van der Waals surface area contributed by atoms with Gasteiger partial charge in [-0.1, -0.05) is 0 Å². The molecule has 1 aliphatic rings. The van der Waals surface area contributed by atoms with Crippen LogP contribution in [0.15, 0.2) is 18.2 Å². The molecule has 1 aliphatic heterocycles. The van der Waals surface area contributed by atoms with Crippen molar-refractivity contribution in [1.82, 2.24) is 5.32 Å². The Morgan fingerprint density at radius 1 is 1.21 bits per heavy atom. The Bertz CT molecular complexity index is 358. The van der Waals surface area contributed by atoms with Crippen LogP contribution in [0.4, 0.5) is 8.78 Å². The largest absolute Gasteiger partial charge is 0.356 e. The molecule has 4 heteroatoms. The number of carbonyl (C=O) groups is 1. The van der Waals surface area contributed by atoms with E-state index >= 15 is 0 Å². The Hall–Kier alpha value is -1.45. The summed E-state index contributed by atoms with van der Waals surface area (Å²) in [5.41, 5.74) is 0.414. The minimum atomic E-state index is -0.639. The zero-order valence-electron chi connectivity index (χ0n) is 7.39. The van der Waals surface area contributed by atoms with Crippen LogP contribution in [0.3, 0.4) is 0 Å². The molecule has 0 aromatic heterocycles. The van der Waals surface area contributed by atoms with Crippen molar-refractivity contribution in [2.45, 2.75) is 12.3 Å². The van der Waals surface area contributed by atoms with E-state index in [0.717, 1.165) is 6.07 Å². The van der Waals surface area contributed by atoms with Gasteiger partial charge < -0.3 is 5.32 Å². The number of hydrogen-bond donors (Lipinski definition) is 1. The van der Waals surface area contributed by atoms with Gasteiger partial charge >= 0.3 is 0 Å². The molecule has 2 rings (SSSR count). The van der Waals surface area contributed by atoms with Crippen LogP contribution >= 0.6 is 0 Å². The number of carbonyl (C=O) groups excluding carboxylic acids is 1. The van der Waals surface area contributed by atoms with Gasteiger partial charge in [0.15, 0.2) is 0 Å². The molecule has 1 N–H and O–H groups in total. The first kappa shape index (κ1) is 9.12. The molecule has 74 valence electrons. The van der Waals surface area contributed by atoms with Crippen LogP contribution in [0.5, 0.6) is 0 Å². The quantitative estimate of drug-likeness (QED) is 0.727. The third-order valence-corrected chi connectivity index (χ3v) is 2.34. The highest BCUT2D eigenvalue weighted by molar-refractivity contribution is 5.85. The Morgan fingerprint density at radius 2 is 1.86 bits per heavy atom. The molecule has 0 aliphatic carbocycles. The molecular weight excluding hydrogens is 188 g/mol. The summed E-state index contributed by atoms with van der Waals surface area (Å²) in [6, 6.07) is 3.22. The van der Waals surface area contributed by atoms with Crippen LogP contribution in [-0.4, -0.2) is 12.5 Å². The highest BCUT2D eigenvalue weighted by Gasteiger charge is 2.26. The average molecular weight is 197 g/mol. The molecular formula is C10H9F2NO. The van der Waals surface area contributed by atoms with E-state index in [1.54, 1.807) is 0 Å². The van der Waals surface area contributed by atoms with Crippen molar-refractivity contribution in [2.75, 3.05) is 6.54 Å². The fourth-order valence-electron chi connectivity index (χ4n) is 1.69. The van der Waals surface area contributed by atoms with E-state index in [0.29, 0.717) is 18.5 Å². The van der Waals surface area contributed by atoms with Crippen LogP contribution < -0.4 is 5.32 Å². The van der Waals surface area contributed by atoms with Gasteiger partial charge in [-0.3, -0.25) is 4.79 Å². The summed E-state index contributed by atoms with van der Waals surface area (Å²) in [6.07, 6.45) is 0.599. The average Bonchev–Trinajstić information content (AvgIpc) is 2.49. The molecule has 0 spiro atoms. The molecule has 1 amide bonds. The normalized spacial score (nSPS) is 21.0. The summed E-state index contributed by atoms with van der Waals surface area (Å²) in [6.45, 7) is 0.571. The van der Waals surface area contributed by atoms with Crippen molar-refractivity contribution >= 4 is 5.91 Å². The molecule has 0 saturated carbocycles. The maximum absolute atomic E-state index is 12.8. The lowest BCUT2D eigenvalue weighted by Gasteiger charge is -2.06.